The van der Waals surface area contributed by atoms with Crippen molar-refractivity contribution in [1.82, 2.24) is 10.2 Å². The summed E-state index contributed by atoms with van der Waals surface area (Å²) in [5.74, 6) is 0.812. The van der Waals surface area contributed by atoms with Gasteiger partial charge < -0.3 is 10.2 Å². The van der Waals surface area contributed by atoms with E-state index in [2.05, 4.69) is 37.9 Å². The molecule has 1 saturated carbocycles. The van der Waals surface area contributed by atoms with Gasteiger partial charge >= 0.3 is 0 Å². The molecule has 0 amide bonds. The highest BCUT2D eigenvalue weighted by molar-refractivity contribution is 5.03. The molecular formula is C14H28N2. The summed E-state index contributed by atoms with van der Waals surface area (Å²) in [4.78, 5) is 2.63. The fraction of sp³-hybridized carbons (Fsp3) is 1.00. The Balaban J connectivity index is 1.66. The molecule has 0 aromatic carbocycles. The van der Waals surface area contributed by atoms with Crippen LogP contribution < -0.4 is 5.32 Å². The molecule has 0 bridgehead atoms. The molecule has 2 nitrogen and oxygen atoms in total. The molecule has 0 radical (unpaired) electrons. The average molecular weight is 224 g/mol. The Morgan fingerprint density at radius 3 is 2.25 bits per heavy atom. The van der Waals surface area contributed by atoms with Crippen LogP contribution in [0.15, 0.2) is 0 Å². The lowest BCUT2D eigenvalue weighted by Gasteiger charge is -2.33. The highest BCUT2D eigenvalue weighted by atomic mass is 15.1. The van der Waals surface area contributed by atoms with Crippen molar-refractivity contribution in [3.05, 3.63) is 0 Å². The van der Waals surface area contributed by atoms with Gasteiger partial charge in [0.05, 0.1) is 0 Å². The van der Waals surface area contributed by atoms with Crippen LogP contribution in [0.2, 0.25) is 0 Å². The van der Waals surface area contributed by atoms with E-state index in [9.17, 15) is 0 Å². The van der Waals surface area contributed by atoms with Gasteiger partial charge in [-0.15, -0.1) is 0 Å². The SMILES string of the molecule is CC(C)CN1CCC(NC2CC2(C)C)CC1. The van der Waals surface area contributed by atoms with Crippen molar-refractivity contribution in [2.45, 2.75) is 59.0 Å². The summed E-state index contributed by atoms with van der Waals surface area (Å²) >= 11 is 0. The van der Waals surface area contributed by atoms with E-state index in [-0.39, 0.29) is 0 Å². The first-order valence-electron chi connectivity index (χ1n) is 6.96. The topological polar surface area (TPSA) is 15.3 Å². The van der Waals surface area contributed by atoms with Crippen LogP contribution in [-0.4, -0.2) is 36.6 Å². The molecule has 2 aliphatic rings. The van der Waals surface area contributed by atoms with E-state index in [0.717, 1.165) is 18.0 Å². The minimum Gasteiger partial charge on any atom is -0.311 e. The zero-order valence-corrected chi connectivity index (χ0v) is 11.4. The van der Waals surface area contributed by atoms with Gasteiger partial charge in [-0.2, -0.15) is 0 Å². The van der Waals surface area contributed by atoms with Gasteiger partial charge in [0.1, 0.15) is 0 Å². The van der Waals surface area contributed by atoms with Crippen LogP contribution in [0.4, 0.5) is 0 Å². The van der Waals surface area contributed by atoms with Crippen LogP contribution in [0.25, 0.3) is 0 Å². The van der Waals surface area contributed by atoms with Crippen molar-refractivity contribution in [2.75, 3.05) is 19.6 Å². The molecule has 1 saturated heterocycles. The van der Waals surface area contributed by atoms with Crippen LogP contribution in [0.3, 0.4) is 0 Å². The van der Waals surface area contributed by atoms with Crippen molar-refractivity contribution in [1.29, 1.82) is 0 Å². The van der Waals surface area contributed by atoms with E-state index in [1.165, 1.54) is 38.9 Å². The van der Waals surface area contributed by atoms with Crippen LogP contribution in [0, 0.1) is 11.3 Å². The van der Waals surface area contributed by atoms with Crippen LogP contribution in [0.5, 0.6) is 0 Å². The monoisotopic (exact) mass is 224 g/mol. The lowest BCUT2D eigenvalue weighted by atomic mass is 10.0. The molecule has 0 aromatic heterocycles. The maximum Gasteiger partial charge on any atom is 0.0127 e. The predicted octanol–water partition coefficient (Wildman–Crippen LogP) is 2.49. The Morgan fingerprint density at radius 1 is 1.25 bits per heavy atom. The molecular weight excluding hydrogens is 196 g/mol. The van der Waals surface area contributed by atoms with Gasteiger partial charge in [-0.1, -0.05) is 27.7 Å². The first kappa shape index (κ1) is 12.4. The van der Waals surface area contributed by atoms with E-state index < -0.39 is 0 Å². The zero-order chi connectivity index (χ0) is 11.8. The van der Waals surface area contributed by atoms with Gasteiger partial charge in [-0.25, -0.2) is 0 Å². The summed E-state index contributed by atoms with van der Waals surface area (Å²) in [6.07, 6.45) is 4.07. The highest BCUT2D eigenvalue weighted by Crippen LogP contribution is 2.45. The molecule has 1 unspecified atom stereocenters. The third-order valence-electron chi connectivity index (χ3n) is 4.16. The number of rotatable bonds is 4. The number of hydrogen-bond donors (Lipinski definition) is 1. The van der Waals surface area contributed by atoms with Crippen LogP contribution in [0.1, 0.15) is 47.0 Å². The highest BCUT2D eigenvalue weighted by Gasteiger charge is 2.46. The van der Waals surface area contributed by atoms with E-state index in [1.54, 1.807) is 0 Å². The fourth-order valence-corrected chi connectivity index (χ4v) is 2.83. The lowest BCUT2D eigenvalue weighted by Crippen LogP contribution is -2.44. The zero-order valence-electron chi connectivity index (χ0n) is 11.4. The van der Waals surface area contributed by atoms with Crippen LogP contribution in [-0.2, 0) is 0 Å². The van der Waals surface area contributed by atoms with Crippen LogP contribution >= 0.6 is 0 Å². The minimum absolute atomic E-state index is 0.578. The van der Waals surface area contributed by atoms with Gasteiger partial charge in [-0.05, 0) is 43.7 Å². The standard InChI is InChI=1S/C14H28N2/c1-11(2)10-16-7-5-12(6-8-16)15-13-9-14(13,3)4/h11-13,15H,5-10H2,1-4H3. The van der Waals surface area contributed by atoms with E-state index in [4.69, 9.17) is 0 Å². The summed E-state index contributed by atoms with van der Waals surface area (Å²) in [7, 11) is 0. The molecule has 1 N–H and O–H groups in total. The fourth-order valence-electron chi connectivity index (χ4n) is 2.83. The van der Waals surface area contributed by atoms with Crippen molar-refractivity contribution in [3.63, 3.8) is 0 Å². The summed E-state index contributed by atoms with van der Waals surface area (Å²) in [5, 5.41) is 3.83. The molecule has 16 heavy (non-hydrogen) atoms. The molecule has 1 heterocycles. The van der Waals surface area contributed by atoms with Gasteiger partial charge in [0, 0.05) is 18.6 Å². The summed E-state index contributed by atoms with van der Waals surface area (Å²) < 4.78 is 0. The molecule has 2 fully saturated rings. The van der Waals surface area contributed by atoms with E-state index in [0.29, 0.717) is 5.41 Å². The number of likely N-dealkylation sites (tertiary alicyclic amines) is 1. The Morgan fingerprint density at radius 2 is 1.81 bits per heavy atom. The molecule has 2 rings (SSSR count). The van der Waals surface area contributed by atoms with Gasteiger partial charge in [0.2, 0.25) is 0 Å². The van der Waals surface area contributed by atoms with Crippen molar-refractivity contribution < 1.29 is 0 Å². The van der Waals surface area contributed by atoms with E-state index >= 15 is 0 Å². The minimum atomic E-state index is 0.578. The first-order chi connectivity index (χ1) is 7.47. The molecule has 1 atom stereocenters. The van der Waals surface area contributed by atoms with Crippen molar-refractivity contribution >= 4 is 0 Å². The van der Waals surface area contributed by atoms with Gasteiger partial charge in [0.15, 0.2) is 0 Å². The summed E-state index contributed by atoms with van der Waals surface area (Å²) in [5.41, 5.74) is 0.578. The lowest BCUT2D eigenvalue weighted by molar-refractivity contribution is 0.177. The summed E-state index contributed by atoms with van der Waals surface area (Å²) in [6.45, 7) is 13.2. The third-order valence-corrected chi connectivity index (χ3v) is 4.16. The number of nitrogens with one attached hydrogen (secondary N) is 1. The third kappa shape index (κ3) is 3.21. The van der Waals surface area contributed by atoms with Gasteiger partial charge in [-0.3, -0.25) is 0 Å². The Labute approximate surface area is 101 Å². The molecule has 2 heteroatoms. The van der Waals surface area contributed by atoms with Crippen molar-refractivity contribution in [2.24, 2.45) is 11.3 Å². The average Bonchev–Trinajstić information content (AvgIpc) is 2.76. The first-order valence-corrected chi connectivity index (χ1v) is 6.96. The van der Waals surface area contributed by atoms with Crippen molar-refractivity contribution in [3.8, 4) is 0 Å². The second-order valence-electron chi connectivity index (χ2n) is 6.88. The number of nitrogens with zero attached hydrogens (tertiary/aromatic N) is 1. The normalized spacial score (nSPS) is 30.9. The largest absolute Gasteiger partial charge is 0.311 e. The Hall–Kier alpha value is -0.0800. The molecule has 1 aliphatic carbocycles. The summed E-state index contributed by atoms with van der Waals surface area (Å²) in [6, 6.07) is 1.59. The second kappa shape index (κ2) is 4.66. The number of piperidine rings is 1. The molecule has 1 aliphatic heterocycles. The predicted molar refractivity (Wildman–Crippen MR) is 69.6 cm³/mol. The second-order valence-corrected chi connectivity index (χ2v) is 6.88. The maximum atomic E-state index is 3.83. The Kier molecular flexibility index (Phi) is 3.60. The Bertz CT molecular complexity index is 227. The van der Waals surface area contributed by atoms with Gasteiger partial charge in [0.25, 0.3) is 0 Å². The molecule has 94 valence electrons. The molecule has 0 aromatic rings. The number of hydrogen-bond acceptors (Lipinski definition) is 2. The van der Waals surface area contributed by atoms with E-state index in [1.807, 2.05) is 0 Å². The quantitative estimate of drug-likeness (QED) is 0.789. The molecule has 0 spiro atoms. The smallest absolute Gasteiger partial charge is 0.0127 e. The maximum absolute atomic E-state index is 3.83.